The van der Waals surface area contributed by atoms with Crippen LogP contribution in [-0.4, -0.2) is 31.6 Å². The highest BCUT2D eigenvalue weighted by Crippen LogP contribution is 2.31. The first-order chi connectivity index (χ1) is 8.89. The van der Waals surface area contributed by atoms with E-state index >= 15 is 0 Å². The summed E-state index contributed by atoms with van der Waals surface area (Å²) in [7, 11) is 0. The van der Waals surface area contributed by atoms with Gasteiger partial charge in [-0.15, -0.1) is 0 Å². The van der Waals surface area contributed by atoms with Gasteiger partial charge in [0.25, 0.3) is 0 Å². The number of ether oxygens (including phenoxy) is 1. The molecule has 104 valence electrons. The van der Waals surface area contributed by atoms with Crippen LogP contribution in [0.5, 0.6) is 0 Å². The number of ketones is 1. The number of carbonyl (C=O) groups excluding carboxylic acids is 1. The van der Waals surface area contributed by atoms with Crippen LogP contribution >= 0.6 is 0 Å². The Morgan fingerprint density at radius 3 is 2.63 bits per heavy atom. The molecule has 0 bridgehead atoms. The van der Waals surface area contributed by atoms with Crippen molar-refractivity contribution in [2.24, 2.45) is 0 Å². The van der Waals surface area contributed by atoms with E-state index in [0.717, 1.165) is 6.07 Å². The van der Waals surface area contributed by atoms with Crippen molar-refractivity contribution in [3.8, 4) is 0 Å². The van der Waals surface area contributed by atoms with Gasteiger partial charge in [0, 0.05) is 18.7 Å². The van der Waals surface area contributed by atoms with Crippen LogP contribution in [0.3, 0.4) is 0 Å². The smallest absolute Gasteiger partial charge is 0.367 e. The maximum Gasteiger partial charge on any atom is 0.419 e. The second-order valence-corrected chi connectivity index (χ2v) is 4.12. The first kappa shape index (κ1) is 14.0. The Labute approximate surface area is 106 Å². The first-order valence-corrected chi connectivity index (χ1v) is 5.63. The van der Waals surface area contributed by atoms with Crippen molar-refractivity contribution in [1.82, 2.24) is 5.32 Å². The SMILES string of the molecule is O=C(c1ccc(C(F)(F)F)c(F)c1)C1CNCCO1. The van der Waals surface area contributed by atoms with Gasteiger partial charge in [0.05, 0.1) is 12.2 Å². The Hall–Kier alpha value is -1.47. The van der Waals surface area contributed by atoms with Gasteiger partial charge in [0.15, 0.2) is 5.78 Å². The molecule has 0 amide bonds. The van der Waals surface area contributed by atoms with Crippen molar-refractivity contribution >= 4 is 5.78 Å². The summed E-state index contributed by atoms with van der Waals surface area (Å²) in [5.41, 5.74) is -1.51. The molecule has 0 aliphatic carbocycles. The third-order valence-electron chi connectivity index (χ3n) is 2.78. The molecule has 1 unspecified atom stereocenters. The summed E-state index contributed by atoms with van der Waals surface area (Å²) in [6, 6.07) is 2.13. The molecule has 1 heterocycles. The summed E-state index contributed by atoms with van der Waals surface area (Å²) in [6.07, 6.45) is -5.56. The lowest BCUT2D eigenvalue weighted by molar-refractivity contribution is -0.140. The molecule has 1 fully saturated rings. The van der Waals surface area contributed by atoms with Gasteiger partial charge in [-0.1, -0.05) is 6.07 Å². The van der Waals surface area contributed by atoms with E-state index in [1.54, 1.807) is 0 Å². The second-order valence-electron chi connectivity index (χ2n) is 4.12. The number of hydrogen-bond donors (Lipinski definition) is 1. The molecule has 1 aliphatic heterocycles. The fourth-order valence-corrected chi connectivity index (χ4v) is 1.82. The lowest BCUT2D eigenvalue weighted by atomic mass is 10.0. The van der Waals surface area contributed by atoms with E-state index in [1.807, 2.05) is 0 Å². The van der Waals surface area contributed by atoms with Crippen LogP contribution in [0.2, 0.25) is 0 Å². The third kappa shape index (κ3) is 3.10. The zero-order valence-electron chi connectivity index (χ0n) is 9.76. The number of morpholine rings is 1. The minimum atomic E-state index is -4.77. The van der Waals surface area contributed by atoms with E-state index in [4.69, 9.17) is 4.74 Å². The van der Waals surface area contributed by atoms with Crippen molar-refractivity contribution in [3.05, 3.63) is 35.1 Å². The van der Waals surface area contributed by atoms with E-state index < -0.39 is 29.4 Å². The fourth-order valence-electron chi connectivity index (χ4n) is 1.82. The molecule has 2 rings (SSSR count). The molecule has 1 aliphatic rings. The first-order valence-electron chi connectivity index (χ1n) is 5.63. The number of nitrogens with one attached hydrogen (secondary N) is 1. The zero-order chi connectivity index (χ0) is 14.0. The Kier molecular flexibility index (Phi) is 3.86. The summed E-state index contributed by atoms with van der Waals surface area (Å²) in [5, 5.41) is 2.92. The summed E-state index contributed by atoms with van der Waals surface area (Å²) >= 11 is 0. The normalized spacial score (nSPS) is 20.3. The average molecular weight is 277 g/mol. The van der Waals surface area contributed by atoms with Gasteiger partial charge < -0.3 is 10.1 Å². The third-order valence-corrected chi connectivity index (χ3v) is 2.78. The van der Waals surface area contributed by atoms with Crippen LogP contribution in [0, 0.1) is 5.82 Å². The number of halogens is 4. The summed E-state index contributed by atoms with van der Waals surface area (Å²) in [4.78, 5) is 11.9. The molecule has 1 atom stereocenters. The van der Waals surface area contributed by atoms with Crippen LogP contribution in [0.4, 0.5) is 17.6 Å². The van der Waals surface area contributed by atoms with Gasteiger partial charge in [0.1, 0.15) is 11.9 Å². The van der Waals surface area contributed by atoms with Crippen molar-refractivity contribution < 1.29 is 27.1 Å². The fraction of sp³-hybridized carbons (Fsp3) is 0.417. The van der Waals surface area contributed by atoms with Crippen LogP contribution in [0.25, 0.3) is 0 Å². The Morgan fingerprint density at radius 1 is 1.37 bits per heavy atom. The van der Waals surface area contributed by atoms with Gasteiger partial charge in [-0.05, 0) is 12.1 Å². The van der Waals surface area contributed by atoms with Gasteiger partial charge in [-0.2, -0.15) is 13.2 Å². The quantitative estimate of drug-likeness (QED) is 0.664. The van der Waals surface area contributed by atoms with E-state index in [9.17, 15) is 22.4 Å². The second kappa shape index (κ2) is 5.26. The number of rotatable bonds is 2. The molecule has 1 aromatic rings. The van der Waals surface area contributed by atoms with Crippen LogP contribution in [0.1, 0.15) is 15.9 Å². The van der Waals surface area contributed by atoms with Crippen LogP contribution in [0.15, 0.2) is 18.2 Å². The molecular formula is C12H11F4NO2. The maximum absolute atomic E-state index is 13.3. The number of Topliss-reactive ketones (excluding diaryl/α,β-unsaturated/α-hetero) is 1. The topological polar surface area (TPSA) is 38.3 Å². The van der Waals surface area contributed by atoms with E-state index in [0.29, 0.717) is 25.3 Å². The molecule has 0 radical (unpaired) electrons. The van der Waals surface area contributed by atoms with Crippen LogP contribution in [-0.2, 0) is 10.9 Å². The Bertz CT molecular complexity index is 481. The lowest BCUT2D eigenvalue weighted by Crippen LogP contribution is -2.43. The van der Waals surface area contributed by atoms with E-state index in [2.05, 4.69) is 5.32 Å². The zero-order valence-corrected chi connectivity index (χ0v) is 9.76. The molecule has 0 saturated carbocycles. The van der Waals surface area contributed by atoms with Gasteiger partial charge in [-0.3, -0.25) is 4.79 Å². The van der Waals surface area contributed by atoms with E-state index in [1.165, 1.54) is 0 Å². The number of carbonyl (C=O) groups is 1. The monoisotopic (exact) mass is 277 g/mol. The highest BCUT2D eigenvalue weighted by atomic mass is 19.4. The molecule has 0 aromatic heterocycles. The highest BCUT2D eigenvalue weighted by Gasteiger charge is 2.34. The molecule has 19 heavy (non-hydrogen) atoms. The molecule has 1 aromatic carbocycles. The van der Waals surface area contributed by atoms with Crippen molar-refractivity contribution in [2.45, 2.75) is 12.3 Å². The standard InChI is InChI=1S/C12H11F4NO2/c13-9-5-7(1-2-8(9)12(14,15)16)11(18)10-6-17-3-4-19-10/h1-2,5,10,17H,3-4,6H2. The minimum Gasteiger partial charge on any atom is -0.367 e. The van der Waals surface area contributed by atoms with Crippen LogP contribution < -0.4 is 5.32 Å². The summed E-state index contributed by atoms with van der Waals surface area (Å²) in [5.74, 6) is -1.98. The summed E-state index contributed by atoms with van der Waals surface area (Å²) in [6.45, 7) is 1.20. The molecule has 7 heteroatoms. The number of hydrogen-bond acceptors (Lipinski definition) is 3. The molecule has 0 spiro atoms. The predicted octanol–water partition coefficient (Wildman–Crippen LogP) is 2.02. The van der Waals surface area contributed by atoms with Gasteiger partial charge in [-0.25, -0.2) is 4.39 Å². The van der Waals surface area contributed by atoms with Crippen molar-refractivity contribution in [3.63, 3.8) is 0 Å². The minimum absolute atomic E-state index is 0.126. The molecule has 3 nitrogen and oxygen atoms in total. The number of benzene rings is 1. The molecular weight excluding hydrogens is 266 g/mol. The largest absolute Gasteiger partial charge is 0.419 e. The maximum atomic E-state index is 13.3. The summed E-state index contributed by atoms with van der Waals surface area (Å²) < 4.78 is 55.6. The number of alkyl halides is 3. The Morgan fingerprint density at radius 2 is 2.11 bits per heavy atom. The molecule has 1 saturated heterocycles. The predicted molar refractivity (Wildman–Crippen MR) is 58.3 cm³/mol. The average Bonchev–Trinajstić information content (AvgIpc) is 2.37. The molecule has 1 N–H and O–H groups in total. The van der Waals surface area contributed by atoms with E-state index in [-0.39, 0.29) is 12.1 Å². The van der Waals surface area contributed by atoms with Crippen molar-refractivity contribution in [2.75, 3.05) is 19.7 Å². The highest BCUT2D eigenvalue weighted by molar-refractivity contribution is 5.99. The van der Waals surface area contributed by atoms with Gasteiger partial charge >= 0.3 is 6.18 Å². The lowest BCUT2D eigenvalue weighted by Gasteiger charge is -2.22. The van der Waals surface area contributed by atoms with Crippen molar-refractivity contribution in [1.29, 1.82) is 0 Å². The Balaban J connectivity index is 2.22. The van der Waals surface area contributed by atoms with Gasteiger partial charge in [0.2, 0.25) is 0 Å².